The van der Waals surface area contributed by atoms with Crippen molar-refractivity contribution in [2.45, 2.75) is 5.41 Å². The lowest BCUT2D eigenvalue weighted by molar-refractivity contribution is 0.666. The topological polar surface area (TPSA) is 18.1 Å². The highest BCUT2D eigenvalue weighted by Gasteiger charge is 2.46. The van der Waals surface area contributed by atoms with E-state index in [2.05, 4.69) is 193 Å². The number of benzene rings is 8. The van der Waals surface area contributed by atoms with Gasteiger partial charge in [0.05, 0.1) is 22.1 Å². The number of aromatic nitrogens is 1. The summed E-state index contributed by atoms with van der Waals surface area (Å²) in [5.74, 6) is 0. The maximum Gasteiger partial charge on any atom is 0.159 e. The largest absolute Gasteiger partial charge is 0.454 e. The van der Waals surface area contributed by atoms with E-state index >= 15 is 0 Å². The third kappa shape index (κ3) is 3.82. The number of fused-ring (bicyclic) bond motifs is 9. The van der Waals surface area contributed by atoms with Crippen molar-refractivity contribution in [1.29, 1.82) is 0 Å². The van der Waals surface area contributed by atoms with Crippen LogP contribution in [0.15, 0.2) is 192 Å². The molecule has 51 heavy (non-hydrogen) atoms. The average molecular weight is 650 g/mol. The summed E-state index contributed by atoms with van der Waals surface area (Å²) in [5.41, 5.74) is 14.8. The second kappa shape index (κ2) is 10.7. The van der Waals surface area contributed by atoms with Crippen LogP contribution in [0.1, 0.15) is 22.3 Å². The van der Waals surface area contributed by atoms with Crippen LogP contribution in [0.4, 0.5) is 0 Å². The van der Waals surface area contributed by atoms with Crippen molar-refractivity contribution < 1.29 is 4.42 Å². The van der Waals surface area contributed by atoms with E-state index in [4.69, 9.17) is 4.42 Å². The quantitative estimate of drug-likeness (QED) is 0.186. The maximum atomic E-state index is 6.91. The second-order valence-corrected chi connectivity index (χ2v) is 13.6. The highest BCUT2D eigenvalue weighted by atomic mass is 16.3. The van der Waals surface area contributed by atoms with Crippen LogP contribution < -0.4 is 0 Å². The fourth-order valence-electron chi connectivity index (χ4n) is 9.04. The highest BCUT2D eigenvalue weighted by molar-refractivity contribution is 6.13. The normalized spacial score (nSPS) is 13.3. The predicted molar refractivity (Wildman–Crippen MR) is 211 cm³/mol. The molecule has 2 heterocycles. The van der Waals surface area contributed by atoms with Gasteiger partial charge in [-0.25, -0.2) is 0 Å². The van der Waals surface area contributed by atoms with Gasteiger partial charge in [-0.2, -0.15) is 0 Å². The Morgan fingerprint density at radius 3 is 1.71 bits per heavy atom. The minimum atomic E-state index is -0.439. The van der Waals surface area contributed by atoms with Gasteiger partial charge in [-0.3, -0.25) is 0 Å². The van der Waals surface area contributed by atoms with E-state index in [-0.39, 0.29) is 0 Å². The van der Waals surface area contributed by atoms with Crippen molar-refractivity contribution in [2.75, 3.05) is 0 Å². The van der Waals surface area contributed by atoms with Gasteiger partial charge in [0.25, 0.3) is 0 Å². The molecule has 0 N–H and O–H groups in total. The first-order valence-corrected chi connectivity index (χ1v) is 17.6. The molecule has 1 aliphatic rings. The van der Waals surface area contributed by atoms with Crippen LogP contribution in [0, 0.1) is 0 Å². The summed E-state index contributed by atoms with van der Waals surface area (Å²) in [4.78, 5) is 0. The lowest BCUT2D eigenvalue weighted by Crippen LogP contribution is -2.28. The van der Waals surface area contributed by atoms with Gasteiger partial charge in [0.1, 0.15) is 5.58 Å². The molecule has 8 aromatic carbocycles. The van der Waals surface area contributed by atoms with Crippen molar-refractivity contribution in [3.8, 4) is 27.9 Å². The second-order valence-electron chi connectivity index (χ2n) is 13.6. The molecule has 0 spiro atoms. The van der Waals surface area contributed by atoms with E-state index in [1.165, 1.54) is 60.8 Å². The Labute approximate surface area is 295 Å². The minimum Gasteiger partial charge on any atom is -0.454 e. The Balaban J connectivity index is 1.15. The summed E-state index contributed by atoms with van der Waals surface area (Å²) in [7, 11) is 0. The lowest BCUT2D eigenvalue weighted by Gasteiger charge is -2.34. The van der Waals surface area contributed by atoms with Gasteiger partial charge in [0.2, 0.25) is 0 Å². The van der Waals surface area contributed by atoms with Crippen LogP contribution in [0.3, 0.4) is 0 Å². The zero-order valence-corrected chi connectivity index (χ0v) is 27.8. The van der Waals surface area contributed by atoms with Gasteiger partial charge in [-0.1, -0.05) is 158 Å². The van der Waals surface area contributed by atoms with Gasteiger partial charge in [0, 0.05) is 21.5 Å². The van der Waals surface area contributed by atoms with Gasteiger partial charge in [0.15, 0.2) is 5.58 Å². The van der Waals surface area contributed by atoms with Crippen LogP contribution in [0.5, 0.6) is 0 Å². The monoisotopic (exact) mass is 649 g/mol. The fourth-order valence-corrected chi connectivity index (χ4v) is 9.04. The molecule has 1 aliphatic carbocycles. The van der Waals surface area contributed by atoms with Gasteiger partial charge in [-0.05, 0) is 74.8 Å². The molecule has 0 fully saturated rings. The van der Waals surface area contributed by atoms with Crippen molar-refractivity contribution in [1.82, 2.24) is 4.57 Å². The third-order valence-corrected chi connectivity index (χ3v) is 11.1. The SMILES string of the molecule is c1ccc(C2(c3ccccc3)c3ccccc3-c3c(-c4ccc5c(c4)oc4c(-n6c7ccccc7c7ccccc76)cccc45)cccc32)cc1. The van der Waals surface area contributed by atoms with E-state index in [0.29, 0.717) is 0 Å². The van der Waals surface area contributed by atoms with Gasteiger partial charge >= 0.3 is 0 Å². The maximum absolute atomic E-state index is 6.91. The van der Waals surface area contributed by atoms with Crippen molar-refractivity contribution in [3.05, 3.63) is 210 Å². The molecule has 10 aromatic rings. The molecule has 2 heteroatoms. The summed E-state index contributed by atoms with van der Waals surface area (Å²) < 4.78 is 9.27. The Hall–Kier alpha value is -6.64. The molecule has 0 saturated carbocycles. The molecule has 2 aromatic heterocycles. The first-order chi connectivity index (χ1) is 25.3. The predicted octanol–water partition coefficient (Wildman–Crippen LogP) is 12.7. The van der Waals surface area contributed by atoms with Crippen molar-refractivity contribution in [3.63, 3.8) is 0 Å². The zero-order valence-electron chi connectivity index (χ0n) is 27.8. The van der Waals surface area contributed by atoms with Gasteiger partial charge in [-0.15, -0.1) is 0 Å². The summed E-state index contributed by atoms with van der Waals surface area (Å²) in [6.45, 7) is 0. The van der Waals surface area contributed by atoms with Crippen molar-refractivity contribution in [2.24, 2.45) is 0 Å². The van der Waals surface area contributed by atoms with E-state index in [9.17, 15) is 0 Å². The van der Waals surface area contributed by atoms with E-state index in [1.54, 1.807) is 0 Å². The molecule has 0 bridgehead atoms. The van der Waals surface area contributed by atoms with Crippen LogP contribution in [0.2, 0.25) is 0 Å². The fraction of sp³-hybridized carbons (Fsp3) is 0.0204. The molecule has 0 atom stereocenters. The first kappa shape index (κ1) is 28.2. The molecule has 0 radical (unpaired) electrons. The van der Waals surface area contributed by atoms with Crippen LogP contribution in [0.25, 0.3) is 71.7 Å². The molecule has 0 aliphatic heterocycles. The Morgan fingerprint density at radius 2 is 0.980 bits per heavy atom. The Morgan fingerprint density at radius 1 is 0.412 bits per heavy atom. The Bertz CT molecular complexity index is 2870. The average Bonchev–Trinajstić information content (AvgIpc) is 3.85. The lowest BCUT2D eigenvalue weighted by atomic mass is 9.67. The minimum absolute atomic E-state index is 0.439. The summed E-state index contributed by atoms with van der Waals surface area (Å²) in [6.07, 6.45) is 0. The summed E-state index contributed by atoms with van der Waals surface area (Å²) in [6, 6.07) is 68.3. The molecule has 0 unspecified atom stereocenters. The van der Waals surface area contributed by atoms with Gasteiger partial charge < -0.3 is 8.98 Å². The highest BCUT2D eigenvalue weighted by Crippen LogP contribution is 2.58. The number of para-hydroxylation sites is 3. The summed E-state index contributed by atoms with van der Waals surface area (Å²) >= 11 is 0. The Kier molecular flexibility index (Phi) is 5.91. The molecular weight excluding hydrogens is 619 g/mol. The van der Waals surface area contributed by atoms with Crippen molar-refractivity contribution >= 4 is 43.7 Å². The van der Waals surface area contributed by atoms with Crippen LogP contribution >= 0.6 is 0 Å². The third-order valence-electron chi connectivity index (χ3n) is 11.1. The number of furan rings is 1. The summed E-state index contributed by atoms with van der Waals surface area (Å²) in [5, 5.41) is 4.71. The molecule has 0 amide bonds. The first-order valence-electron chi connectivity index (χ1n) is 17.6. The molecule has 11 rings (SSSR count). The number of hydrogen-bond acceptors (Lipinski definition) is 1. The van der Waals surface area contributed by atoms with E-state index in [0.717, 1.165) is 33.2 Å². The number of hydrogen-bond donors (Lipinski definition) is 0. The number of nitrogens with zero attached hydrogens (tertiary/aromatic N) is 1. The standard InChI is InChI=1S/C49H31NO/c1-3-15-33(16-4-1)49(34-17-5-2-6-18-34)41-24-10-7-21-40(41)47-35(22-13-25-42(47)49)32-29-30-38-39-23-14-28-45(48(39)51-46(38)31-32)50-43-26-11-8-19-36(43)37-20-9-12-27-44(37)50/h1-31H. The van der Waals surface area contributed by atoms with Crippen LogP contribution in [-0.4, -0.2) is 4.57 Å². The van der Waals surface area contributed by atoms with E-state index in [1.807, 2.05) is 0 Å². The zero-order chi connectivity index (χ0) is 33.5. The molecule has 0 saturated heterocycles. The molecule has 2 nitrogen and oxygen atoms in total. The smallest absolute Gasteiger partial charge is 0.159 e. The number of rotatable bonds is 4. The molecular formula is C49H31NO. The van der Waals surface area contributed by atoms with E-state index < -0.39 is 5.41 Å². The van der Waals surface area contributed by atoms with Crippen LogP contribution in [-0.2, 0) is 5.41 Å². The molecule has 238 valence electrons.